The molecule has 0 bridgehead atoms. The van der Waals surface area contributed by atoms with Crippen LogP contribution in [0.15, 0.2) is 24.3 Å². The Morgan fingerprint density at radius 1 is 1.20 bits per heavy atom. The first-order valence-corrected chi connectivity index (χ1v) is 8.96. The molecule has 3 rings (SSSR count). The molecule has 2 amide bonds. The lowest BCUT2D eigenvalue weighted by atomic mass is 10.1. The summed E-state index contributed by atoms with van der Waals surface area (Å²) in [4.78, 5) is 28.2. The Bertz CT molecular complexity index is 616. The number of amides is 2. The smallest absolute Gasteiger partial charge is 0.239 e. The number of benzene rings is 1. The monoisotopic (exact) mass is 365 g/mol. The highest BCUT2D eigenvalue weighted by molar-refractivity contribution is 6.30. The van der Waals surface area contributed by atoms with Gasteiger partial charge in [0.1, 0.15) is 0 Å². The van der Waals surface area contributed by atoms with Gasteiger partial charge in [0.05, 0.1) is 12.6 Å². The summed E-state index contributed by atoms with van der Waals surface area (Å²) in [5.41, 5.74) is 6.44. The molecule has 136 valence electrons. The zero-order chi connectivity index (χ0) is 17.8. The fourth-order valence-corrected chi connectivity index (χ4v) is 3.50. The minimum absolute atomic E-state index is 0.0260. The summed E-state index contributed by atoms with van der Waals surface area (Å²) in [7, 11) is 0. The van der Waals surface area contributed by atoms with Gasteiger partial charge in [-0.15, -0.1) is 0 Å². The molecule has 7 nitrogen and oxygen atoms in total. The van der Waals surface area contributed by atoms with Gasteiger partial charge in [-0.1, -0.05) is 11.6 Å². The van der Waals surface area contributed by atoms with Gasteiger partial charge < -0.3 is 26.2 Å². The quantitative estimate of drug-likeness (QED) is 0.687. The number of halogens is 1. The van der Waals surface area contributed by atoms with Crippen LogP contribution in [0.1, 0.15) is 6.42 Å². The standard InChI is InChI=1S/C17H24ClN5O2/c18-12-1-3-14(4-2-12)22-5-7-23(8-6-22)17(25)15-9-13(11-20-15)21-16(24)10-19/h1-4,13,15,20H,5-11,19H2,(H,21,24)/t13?,15-/m0/s1. The molecule has 1 unspecified atom stereocenters. The van der Waals surface area contributed by atoms with Crippen LogP contribution in [-0.4, -0.2) is 68.1 Å². The van der Waals surface area contributed by atoms with Gasteiger partial charge in [-0.05, 0) is 30.7 Å². The molecule has 1 aromatic carbocycles. The van der Waals surface area contributed by atoms with Gasteiger partial charge in [0.25, 0.3) is 0 Å². The summed E-state index contributed by atoms with van der Waals surface area (Å²) >= 11 is 5.93. The van der Waals surface area contributed by atoms with Gasteiger partial charge >= 0.3 is 0 Å². The molecule has 1 aromatic rings. The van der Waals surface area contributed by atoms with Crippen LogP contribution in [0, 0.1) is 0 Å². The lowest BCUT2D eigenvalue weighted by Gasteiger charge is -2.37. The van der Waals surface area contributed by atoms with Crippen molar-refractivity contribution in [3.05, 3.63) is 29.3 Å². The van der Waals surface area contributed by atoms with Crippen LogP contribution in [0.3, 0.4) is 0 Å². The molecular formula is C17H24ClN5O2. The van der Waals surface area contributed by atoms with Crippen LogP contribution in [0.5, 0.6) is 0 Å². The van der Waals surface area contributed by atoms with Crippen LogP contribution < -0.4 is 21.3 Å². The van der Waals surface area contributed by atoms with E-state index in [1.165, 1.54) is 0 Å². The molecule has 0 spiro atoms. The molecule has 2 fully saturated rings. The molecule has 4 N–H and O–H groups in total. The Balaban J connectivity index is 1.48. The van der Waals surface area contributed by atoms with Gasteiger partial charge in [-0.2, -0.15) is 0 Å². The van der Waals surface area contributed by atoms with Crippen molar-refractivity contribution in [1.82, 2.24) is 15.5 Å². The van der Waals surface area contributed by atoms with Gasteiger partial charge in [-0.3, -0.25) is 9.59 Å². The zero-order valence-corrected chi connectivity index (χ0v) is 14.8. The first-order valence-electron chi connectivity index (χ1n) is 8.59. The van der Waals surface area contributed by atoms with Crippen molar-refractivity contribution in [1.29, 1.82) is 0 Å². The van der Waals surface area contributed by atoms with E-state index in [9.17, 15) is 9.59 Å². The number of rotatable bonds is 4. The van der Waals surface area contributed by atoms with E-state index in [0.717, 1.165) is 23.8 Å². The predicted octanol–water partition coefficient (Wildman–Crippen LogP) is -0.206. The predicted molar refractivity (Wildman–Crippen MR) is 97.6 cm³/mol. The van der Waals surface area contributed by atoms with Gasteiger partial charge in [0.15, 0.2) is 0 Å². The van der Waals surface area contributed by atoms with Crippen molar-refractivity contribution in [3.63, 3.8) is 0 Å². The van der Waals surface area contributed by atoms with Crippen LogP contribution in [0.25, 0.3) is 0 Å². The van der Waals surface area contributed by atoms with Crippen molar-refractivity contribution >= 4 is 29.1 Å². The fourth-order valence-electron chi connectivity index (χ4n) is 3.38. The Hall–Kier alpha value is -1.83. The Morgan fingerprint density at radius 2 is 1.88 bits per heavy atom. The molecule has 25 heavy (non-hydrogen) atoms. The number of nitrogens with zero attached hydrogens (tertiary/aromatic N) is 2. The average Bonchev–Trinajstić information content (AvgIpc) is 3.10. The minimum Gasteiger partial charge on any atom is -0.368 e. The molecule has 0 saturated carbocycles. The maximum Gasteiger partial charge on any atom is 0.239 e. The largest absolute Gasteiger partial charge is 0.368 e. The third-order valence-corrected chi connectivity index (χ3v) is 5.01. The SMILES string of the molecule is NCC(=O)NC1CN[C@H](C(=O)N2CCN(c3ccc(Cl)cc3)CC2)C1. The molecule has 2 atom stereocenters. The maximum absolute atomic E-state index is 12.7. The third-order valence-electron chi connectivity index (χ3n) is 4.76. The molecule has 2 aliphatic rings. The Morgan fingerprint density at radius 3 is 2.52 bits per heavy atom. The molecule has 2 heterocycles. The van der Waals surface area contributed by atoms with Crippen LogP contribution in [0.4, 0.5) is 5.69 Å². The fraction of sp³-hybridized carbons (Fsp3) is 0.529. The highest BCUT2D eigenvalue weighted by Gasteiger charge is 2.34. The molecule has 0 aromatic heterocycles. The van der Waals surface area contributed by atoms with E-state index < -0.39 is 0 Å². The highest BCUT2D eigenvalue weighted by Crippen LogP contribution is 2.20. The molecule has 0 radical (unpaired) electrons. The van der Waals surface area contributed by atoms with Crippen LogP contribution in [0.2, 0.25) is 5.02 Å². The lowest BCUT2D eigenvalue weighted by molar-refractivity contribution is -0.133. The summed E-state index contributed by atoms with van der Waals surface area (Å²) in [6.07, 6.45) is 0.613. The topological polar surface area (TPSA) is 90.7 Å². The van der Waals surface area contributed by atoms with Gasteiger partial charge in [0, 0.05) is 49.5 Å². The van der Waals surface area contributed by atoms with Crippen molar-refractivity contribution in [2.24, 2.45) is 5.73 Å². The Kier molecular flexibility index (Phi) is 5.78. The summed E-state index contributed by atoms with van der Waals surface area (Å²) < 4.78 is 0. The normalized spacial score (nSPS) is 23.6. The van der Waals surface area contributed by atoms with Crippen molar-refractivity contribution < 1.29 is 9.59 Å². The molecular weight excluding hydrogens is 342 g/mol. The van der Waals surface area contributed by atoms with E-state index in [4.69, 9.17) is 17.3 Å². The molecule has 2 aliphatic heterocycles. The highest BCUT2D eigenvalue weighted by atomic mass is 35.5. The number of piperazine rings is 1. The van der Waals surface area contributed by atoms with Crippen LogP contribution >= 0.6 is 11.6 Å². The van der Waals surface area contributed by atoms with Crippen LogP contribution in [-0.2, 0) is 9.59 Å². The number of hydrogen-bond acceptors (Lipinski definition) is 5. The van der Waals surface area contributed by atoms with E-state index in [1.54, 1.807) is 0 Å². The summed E-state index contributed by atoms with van der Waals surface area (Å²) in [5, 5.41) is 6.76. The van der Waals surface area contributed by atoms with E-state index in [0.29, 0.717) is 26.1 Å². The average molecular weight is 366 g/mol. The van der Waals surface area contributed by atoms with E-state index in [-0.39, 0.29) is 30.4 Å². The second-order valence-corrected chi connectivity index (χ2v) is 6.89. The second-order valence-electron chi connectivity index (χ2n) is 6.45. The van der Waals surface area contributed by atoms with Crippen molar-refractivity contribution in [2.45, 2.75) is 18.5 Å². The molecule has 0 aliphatic carbocycles. The minimum atomic E-state index is -0.231. The van der Waals surface area contributed by atoms with E-state index in [2.05, 4.69) is 15.5 Å². The second kappa shape index (κ2) is 8.03. The van der Waals surface area contributed by atoms with E-state index >= 15 is 0 Å². The summed E-state index contributed by atoms with van der Waals surface area (Å²) in [5.74, 6) is -0.0725. The van der Waals surface area contributed by atoms with Gasteiger partial charge in [0.2, 0.25) is 11.8 Å². The summed E-state index contributed by atoms with van der Waals surface area (Å²) in [6, 6.07) is 7.51. The number of nitrogens with one attached hydrogen (secondary N) is 2. The summed E-state index contributed by atoms with van der Waals surface area (Å²) in [6.45, 7) is 3.56. The van der Waals surface area contributed by atoms with Crippen molar-refractivity contribution in [3.8, 4) is 0 Å². The zero-order valence-electron chi connectivity index (χ0n) is 14.1. The van der Waals surface area contributed by atoms with E-state index in [1.807, 2.05) is 29.2 Å². The first-order chi connectivity index (χ1) is 12.1. The number of nitrogens with two attached hydrogens (primary N) is 1. The Labute approximate surface area is 152 Å². The number of anilines is 1. The molecule has 8 heteroatoms. The first kappa shape index (κ1) is 18.0. The number of carbonyl (C=O) groups is 2. The third kappa shape index (κ3) is 4.42. The lowest BCUT2D eigenvalue weighted by Crippen LogP contribution is -2.53. The number of hydrogen-bond donors (Lipinski definition) is 3. The van der Waals surface area contributed by atoms with Gasteiger partial charge in [-0.25, -0.2) is 0 Å². The maximum atomic E-state index is 12.7. The molecule has 2 saturated heterocycles. The number of carbonyl (C=O) groups excluding carboxylic acids is 2. The van der Waals surface area contributed by atoms with Crippen molar-refractivity contribution in [2.75, 3.05) is 44.2 Å².